The van der Waals surface area contributed by atoms with Gasteiger partial charge in [-0.2, -0.15) is 0 Å². The van der Waals surface area contributed by atoms with Crippen LogP contribution in [0.2, 0.25) is 0 Å². The van der Waals surface area contributed by atoms with E-state index in [2.05, 4.69) is 9.97 Å². The summed E-state index contributed by atoms with van der Waals surface area (Å²) < 4.78 is 5.89. The number of amides is 1. The zero-order valence-electron chi connectivity index (χ0n) is 13.8. The molecule has 1 saturated heterocycles. The summed E-state index contributed by atoms with van der Waals surface area (Å²) in [5, 5.41) is 0. The number of rotatable bonds is 5. The van der Waals surface area contributed by atoms with Gasteiger partial charge in [-0.15, -0.1) is 0 Å². The van der Waals surface area contributed by atoms with Crippen molar-refractivity contribution >= 4 is 5.91 Å². The molecule has 1 atom stereocenters. The molecular formula is C18H27N3O2. The zero-order chi connectivity index (χ0) is 15.9. The Bertz CT molecular complexity index is 488. The number of likely N-dealkylation sites (tertiary alicyclic amines) is 1. The predicted octanol–water partition coefficient (Wildman–Crippen LogP) is 3.21. The fourth-order valence-electron chi connectivity index (χ4n) is 3.74. The topological polar surface area (TPSA) is 55.3 Å². The summed E-state index contributed by atoms with van der Waals surface area (Å²) in [5.41, 5.74) is 0. The Balaban J connectivity index is 1.44. The molecule has 2 aliphatic rings. The largest absolute Gasteiger partial charge is 0.472 e. The van der Waals surface area contributed by atoms with Gasteiger partial charge < -0.3 is 9.64 Å². The molecule has 0 aromatic carbocycles. The quantitative estimate of drug-likeness (QED) is 0.837. The van der Waals surface area contributed by atoms with E-state index in [4.69, 9.17) is 4.74 Å². The average molecular weight is 317 g/mol. The number of nitrogens with zero attached hydrogens (tertiary/aromatic N) is 3. The van der Waals surface area contributed by atoms with Gasteiger partial charge in [-0.25, -0.2) is 9.97 Å². The smallest absolute Gasteiger partial charge is 0.222 e. The minimum atomic E-state index is 0.0530. The first-order valence-electron chi connectivity index (χ1n) is 9.02. The summed E-state index contributed by atoms with van der Waals surface area (Å²) in [6.07, 6.45) is 13.7. The number of piperidine rings is 1. The molecular weight excluding hydrogens is 290 g/mol. The lowest BCUT2D eigenvalue weighted by atomic mass is 9.86. The summed E-state index contributed by atoms with van der Waals surface area (Å²) in [5.74, 6) is 1.67. The summed E-state index contributed by atoms with van der Waals surface area (Å²) >= 11 is 0. The Labute approximate surface area is 138 Å². The van der Waals surface area contributed by atoms with Crippen molar-refractivity contribution in [2.45, 2.75) is 63.9 Å². The van der Waals surface area contributed by atoms with Gasteiger partial charge in [0.25, 0.3) is 0 Å². The average Bonchev–Trinajstić information content (AvgIpc) is 2.62. The molecule has 1 amide bonds. The molecule has 2 heterocycles. The van der Waals surface area contributed by atoms with Crippen molar-refractivity contribution in [1.29, 1.82) is 0 Å². The molecule has 5 heteroatoms. The van der Waals surface area contributed by atoms with Crippen LogP contribution in [0.1, 0.15) is 57.8 Å². The Morgan fingerprint density at radius 2 is 2.09 bits per heavy atom. The third-order valence-electron chi connectivity index (χ3n) is 5.06. The Morgan fingerprint density at radius 3 is 2.87 bits per heavy atom. The first kappa shape index (κ1) is 16.2. The maximum Gasteiger partial charge on any atom is 0.222 e. The third kappa shape index (κ3) is 4.91. The molecule has 0 N–H and O–H groups in total. The molecule has 0 bridgehead atoms. The molecule has 3 rings (SSSR count). The number of ether oxygens (including phenoxy) is 1. The van der Waals surface area contributed by atoms with Crippen LogP contribution in [0.25, 0.3) is 0 Å². The summed E-state index contributed by atoms with van der Waals surface area (Å²) in [7, 11) is 0. The van der Waals surface area contributed by atoms with Gasteiger partial charge in [0.1, 0.15) is 12.4 Å². The summed E-state index contributed by atoms with van der Waals surface area (Å²) in [4.78, 5) is 22.5. The van der Waals surface area contributed by atoms with Crippen LogP contribution in [-0.4, -0.2) is 40.0 Å². The van der Waals surface area contributed by atoms with E-state index < -0.39 is 0 Å². The first-order valence-corrected chi connectivity index (χ1v) is 9.02. The van der Waals surface area contributed by atoms with Crippen molar-refractivity contribution in [3.8, 4) is 5.88 Å². The molecule has 5 nitrogen and oxygen atoms in total. The Hall–Kier alpha value is -1.65. The van der Waals surface area contributed by atoms with Crippen LogP contribution in [-0.2, 0) is 4.79 Å². The van der Waals surface area contributed by atoms with E-state index in [0.717, 1.165) is 31.7 Å². The van der Waals surface area contributed by atoms with Crippen molar-refractivity contribution in [2.24, 2.45) is 5.92 Å². The third-order valence-corrected chi connectivity index (χ3v) is 5.06. The van der Waals surface area contributed by atoms with Gasteiger partial charge in [-0.3, -0.25) is 4.79 Å². The summed E-state index contributed by atoms with van der Waals surface area (Å²) in [6, 6.07) is 1.77. The second kappa shape index (κ2) is 8.27. The van der Waals surface area contributed by atoms with Crippen molar-refractivity contribution < 1.29 is 9.53 Å². The monoisotopic (exact) mass is 317 g/mol. The van der Waals surface area contributed by atoms with Gasteiger partial charge in [0.2, 0.25) is 11.8 Å². The van der Waals surface area contributed by atoms with Gasteiger partial charge in [0.15, 0.2) is 0 Å². The molecule has 1 aromatic heterocycles. The van der Waals surface area contributed by atoms with Crippen LogP contribution in [0.5, 0.6) is 5.88 Å². The Kier molecular flexibility index (Phi) is 5.83. The molecule has 1 unspecified atom stereocenters. The molecule has 0 radical (unpaired) electrons. The zero-order valence-corrected chi connectivity index (χ0v) is 13.8. The molecule has 1 saturated carbocycles. The normalized spacial score (nSPS) is 22.8. The minimum absolute atomic E-state index is 0.0530. The van der Waals surface area contributed by atoms with Crippen molar-refractivity contribution in [3.63, 3.8) is 0 Å². The fraction of sp³-hybridized carbons (Fsp3) is 0.722. The van der Waals surface area contributed by atoms with Crippen LogP contribution < -0.4 is 4.74 Å². The lowest BCUT2D eigenvalue weighted by molar-refractivity contribution is -0.134. The van der Waals surface area contributed by atoms with Crippen molar-refractivity contribution in [1.82, 2.24) is 14.9 Å². The predicted molar refractivity (Wildman–Crippen MR) is 88.1 cm³/mol. The second-order valence-corrected chi connectivity index (χ2v) is 6.81. The summed E-state index contributed by atoms with van der Waals surface area (Å²) in [6.45, 7) is 1.56. The van der Waals surface area contributed by atoms with Crippen molar-refractivity contribution in [2.75, 3.05) is 13.1 Å². The lowest BCUT2D eigenvalue weighted by Crippen LogP contribution is -2.44. The van der Waals surface area contributed by atoms with Crippen LogP contribution in [0.15, 0.2) is 18.6 Å². The van der Waals surface area contributed by atoms with E-state index in [9.17, 15) is 4.79 Å². The van der Waals surface area contributed by atoms with E-state index in [1.807, 2.05) is 4.90 Å². The maximum atomic E-state index is 12.5. The van der Waals surface area contributed by atoms with Crippen LogP contribution in [0.4, 0.5) is 0 Å². The highest BCUT2D eigenvalue weighted by Gasteiger charge is 2.25. The molecule has 23 heavy (non-hydrogen) atoms. The first-order chi connectivity index (χ1) is 11.3. The van der Waals surface area contributed by atoms with Crippen LogP contribution in [0, 0.1) is 5.92 Å². The van der Waals surface area contributed by atoms with E-state index >= 15 is 0 Å². The number of carbonyl (C=O) groups is 1. The number of hydrogen-bond donors (Lipinski definition) is 0. The molecule has 1 aromatic rings. The molecule has 126 valence electrons. The number of carbonyl (C=O) groups excluding carboxylic acids is 1. The SMILES string of the molecule is O=C(CCC1CCCCC1)N1CCCC(Oc2ccncn2)C1. The molecule has 1 aliphatic carbocycles. The lowest BCUT2D eigenvalue weighted by Gasteiger charge is -2.33. The maximum absolute atomic E-state index is 12.5. The highest BCUT2D eigenvalue weighted by atomic mass is 16.5. The van der Waals surface area contributed by atoms with E-state index in [1.54, 1.807) is 12.3 Å². The van der Waals surface area contributed by atoms with E-state index in [1.165, 1.54) is 38.4 Å². The van der Waals surface area contributed by atoms with Gasteiger partial charge in [-0.1, -0.05) is 32.1 Å². The van der Waals surface area contributed by atoms with Gasteiger partial charge >= 0.3 is 0 Å². The number of aromatic nitrogens is 2. The standard InChI is InChI=1S/C18H27N3O2/c22-18(9-8-15-5-2-1-3-6-15)21-12-4-7-16(13-21)23-17-10-11-19-14-20-17/h10-11,14-16H,1-9,12-13H2. The van der Waals surface area contributed by atoms with Gasteiger partial charge in [0, 0.05) is 25.2 Å². The van der Waals surface area contributed by atoms with Crippen LogP contribution >= 0.6 is 0 Å². The van der Waals surface area contributed by atoms with Gasteiger partial charge in [0.05, 0.1) is 6.54 Å². The fourth-order valence-corrected chi connectivity index (χ4v) is 3.74. The molecule has 1 aliphatic heterocycles. The minimum Gasteiger partial charge on any atom is -0.472 e. The second-order valence-electron chi connectivity index (χ2n) is 6.81. The number of hydrogen-bond acceptors (Lipinski definition) is 4. The highest BCUT2D eigenvalue weighted by molar-refractivity contribution is 5.76. The highest BCUT2D eigenvalue weighted by Crippen LogP contribution is 2.27. The molecule has 0 spiro atoms. The van der Waals surface area contributed by atoms with Gasteiger partial charge in [-0.05, 0) is 25.2 Å². The van der Waals surface area contributed by atoms with Crippen LogP contribution in [0.3, 0.4) is 0 Å². The molecule has 2 fully saturated rings. The van der Waals surface area contributed by atoms with Crippen molar-refractivity contribution in [3.05, 3.63) is 18.6 Å². The Morgan fingerprint density at radius 1 is 1.22 bits per heavy atom. The van der Waals surface area contributed by atoms with E-state index in [0.29, 0.717) is 24.8 Å². The van der Waals surface area contributed by atoms with E-state index in [-0.39, 0.29) is 6.10 Å².